The maximum absolute atomic E-state index is 11.4. The van der Waals surface area contributed by atoms with Crippen LogP contribution in [-0.2, 0) is 4.79 Å². The zero-order valence-corrected chi connectivity index (χ0v) is 12.6. The lowest BCUT2D eigenvalue weighted by molar-refractivity contribution is -0.912. The van der Waals surface area contributed by atoms with E-state index < -0.39 is 11.5 Å². The van der Waals surface area contributed by atoms with Gasteiger partial charge in [0.1, 0.15) is 0 Å². The number of likely N-dealkylation sites (N-methyl/N-ethyl adjacent to an activating group) is 1. The zero-order chi connectivity index (χ0) is 13.9. The molecule has 4 heteroatoms. The van der Waals surface area contributed by atoms with Crippen molar-refractivity contribution in [1.82, 2.24) is 0 Å². The third-order valence-electron chi connectivity index (χ3n) is 3.68. The summed E-state index contributed by atoms with van der Waals surface area (Å²) < 4.78 is 1.40. The van der Waals surface area contributed by atoms with E-state index in [1.54, 1.807) is 0 Å². The van der Waals surface area contributed by atoms with Gasteiger partial charge < -0.3 is 14.1 Å². The SMILES string of the molecule is CC(CCCC[N+](C)(C)C)(C(=O)O)[N+](C)(C)C. The normalized spacial score (nSPS) is 16.6. The van der Waals surface area contributed by atoms with Crippen molar-refractivity contribution in [2.45, 2.75) is 31.7 Å². The standard InChI is InChI=1S/C13H29N2O2/c1-13(12(16)17,15(5,6)7)10-8-9-11-14(2,3)4/h8-11H2,1-7H3/q+1/p+1. The Morgan fingerprint density at radius 1 is 1.06 bits per heavy atom. The van der Waals surface area contributed by atoms with E-state index in [1.807, 2.05) is 28.1 Å². The fraction of sp³-hybridized carbons (Fsp3) is 0.923. The molecule has 1 N–H and O–H groups in total. The lowest BCUT2D eigenvalue weighted by Gasteiger charge is -2.40. The summed E-state index contributed by atoms with van der Waals surface area (Å²) in [5.41, 5.74) is -0.690. The summed E-state index contributed by atoms with van der Waals surface area (Å²) in [5, 5.41) is 9.41. The van der Waals surface area contributed by atoms with E-state index in [2.05, 4.69) is 21.1 Å². The summed E-state index contributed by atoms with van der Waals surface area (Å²) in [7, 11) is 12.3. The van der Waals surface area contributed by atoms with E-state index in [9.17, 15) is 9.90 Å². The molecule has 4 nitrogen and oxygen atoms in total. The molecule has 0 aromatic heterocycles. The monoisotopic (exact) mass is 246 g/mol. The Kier molecular flexibility index (Phi) is 5.16. The van der Waals surface area contributed by atoms with Gasteiger partial charge in [-0.1, -0.05) is 0 Å². The molecule has 1 unspecified atom stereocenters. The van der Waals surface area contributed by atoms with Gasteiger partial charge >= 0.3 is 5.97 Å². The van der Waals surface area contributed by atoms with Gasteiger partial charge in [-0.3, -0.25) is 0 Å². The van der Waals surface area contributed by atoms with Crippen LogP contribution in [0.25, 0.3) is 0 Å². The van der Waals surface area contributed by atoms with E-state index >= 15 is 0 Å². The minimum atomic E-state index is -0.699. The van der Waals surface area contributed by atoms with Crippen molar-refractivity contribution in [3.63, 3.8) is 0 Å². The van der Waals surface area contributed by atoms with Gasteiger partial charge in [-0.15, -0.1) is 0 Å². The molecule has 0 radical (unpaired) electrons. The molecule has 102 valence electrons. The first-order chi connectivity index (χ1) is 7.40. The summed E-state index contributed by atoms with van der Waals surface area (Å²) in [6.07, 6.45) is 2.77. The molecule has 1 atom stereocenters. The molecule has 0 saturated carbocycles. The lowest BCUT2D eigenvalue weighted by Crippen LogP contribution is -2.60. The molecule has 0 aromatic rings. The Bertz CT molecular complexity index is 264. The number of carboxylic acids is 1. The summed E-state index contributed by atoms with van der Waals surface area (Å²) >= 11 is 0. The molecule has 0 amide bonds. The van der Waals surface area contributed by atoms with Gasteiger partial charge in [0.05, 0.1) is 48.8 Å². The van der Waals surface area contributed by atoms with E-state index in [1.165, 1.54) is 0 Å². The lowest BCUT2D eigenvalue weighted by atomic mass is 9.91. The zero-order valence-electron chi connectivity index (χ0n) is 12.6. The first-order valence-electron chi connectivity index (χ1n) is 6.25. The molecule has 0 rings (SSSR count). The van der Waals surface area contributed by atoms with E-state index in [0.29, 0.717) is 4.48 Å². The average Bonchev–Trinajstić information content (AvgIpc) is 2.08. The molecule has 0 aliphatic carbocycles. The Labute approximate surface area is 106 Å². The highest BCUT2D eigenvalue weighted by molar-refractivity contribution is 5.76. The van der Waals surface area contributed by atoms with Crippen molar-refractivity contribution in [3.05, 3.63) is 0 Å². The molecule has 0 bridgehead atoms. The van der Waals surface area contributed by atoms with Gasteiger partial charge in [-0.2, -0.15) is 0 Å². The third kappa shape index (κ3) is 5.04. The molecule has 0 aromatic carbocycles. The maximum Gasteiger partial charge on any atom is 0.365 e. The number of carboxylic acid groups (broad SMARTS) is 1. The summed E-state index contributed by atoms with van der Waals surface area (Å²) in [6, 6.07) is 0. The summed E-state index contributed by atoms with van der Waals surface area (Å²) in [5.74, 6) is -0.699. The Morgan fingerprint density at radius 2 is 1.53 bits per heavy atom. The average molecular weight is 246 g/mol. The van der Waals surface area contributed by atoms with Crippen molar-refractivity contribution >= 4 is 5.97 Å². The van der Waals surface area contributed by atoms with Crippen LogP contribution in [0.5, 0.6) is 0 Å². The van der Waals surface area contributed by atoms with Crippen LogP contribution in [0.3, 0.4) is 0 Å². The molecule has 0 spiro atoms. The molecule has 0 fully saturated rings. The number of unbranched alkanes of at least 4 members (excludes halogenated alkanes) is 1. The minimum absolute atomic E-state index is 0.465. The number of hydrogen-bond acceptors (Lipinski definition) is 1. The molecule has 17 heavy (non-hydrogen) atoms. The van der Waals surface area contributed by atoms with E-state index in [4.69, 9.17) is 0 Å². The number of hydrogen-bond donors (Lipinski definition) is 1. The number of rotatable bonds is 7. The fourth-order valence-electron chi connectivity index (χ4n) is 1.78. The van der Waals surface area contributed by atoms with Crippen LogP contribution in [0.4, 0.5) is 0 Å². The van der Waals surface area contributed by atoms with Crippen LogP contribution in [0, 0.1) is 0 Å². The van der Waals surface area contributed by atoms with E-state index in [0.717, 1.165) is 30.3 Å². The van der Waals surface area contributed by atoms with Crippen LogP contribution in [0.1, 0.15) is 26.2 Å². The summed E-state index contributed by atoms with van der Waals surface area (Å²) in [6.45, 7) is 2.94. The largest absolute Gasteiger partial charge is 0.477 e. The van der Waals surface area contributed by atoms with Gasteiger partial charge in [-0.05, 0) is 12.8 Å². The van der Waals surface area contributed by atoms with Crippen LogP contribution in [0.15, 0.2) is 0 Å². The molecule has 0 aliphatic heterocycles. The van der Waals surface area contributed by atoms with Gasteiger partial charge in [0.2, 0.25) is 0 Å². The van der Waals surface area contributed by atoms with Crippen molar-refractivity contribution < 1.29 is 18.9 Å². The van der Waals surface area contributed by atoms with Crippen LogP contribution >= 0.6 is 0 Å². The summed E-state index contributed by atoms with van der Waals surface area (Å²) in [4.78, 5) is 11.4. The molecule has 0 saturated heterocycles. The molecular formula is C13H30N2O2+2. The quantitative estimate of drug-likeness (QED) is 0.545. The molecule has 0 aliphatic rings. The van der Waals surface area contributed by atoms with E-state index in [-0.39, 0.29) is 0 Å². The van der Waals surface area contributed by atoms with Crippen LogP contribution in [-0.4, -0.2) is 74.4 Å². The second kappa shape index (κ2) is 5.36. The maximum atomic E-state index is 11.4. The van der Waals surface area contributed by atoms with Gasteiger partial charge in [-0.25, -0.2) is 4.79 Å². The highest BCUT2D eigenvalue weighted by Crippen LogP contribution is 2.25. The highest BCUT2D eigenvalue weighted by Gasteiger charge is 2.45. The Morgan fingerprint density at radius 3 is 1.82 bits per heavy atom. The number of aliphatic carboxylic acids is 1. The Hall–Kier alpha value is -0.610. The van der Waals surface area contributed by atoms with Crippen molar-refractivity contribution in [2.75, 3.05) is 48.8 Å². The number of nitrogens with zero attached hydrogens (tertiary/aromatic N) is 2. The smallest absolute Gasteiger partial charge is 0.365 e. The highest BCUT2D eigenvalue weighted by atomic mass is 16.4. The van der Waals surface area contributed by atoms with Crippen LogP contribution < -0.4 is 0 Å². The first-order valence-corrected chi connectivity index (χ1v) is 6.25. The predicted octanol–water partition coefficient (Wildman–Crippen LogP) is 1.41. The second-order valence-corrected chi connectivity index (χ2v) is 7.06. The number of quaternary nitrogens is 2. The van der Waals surface area contributed by atoms with Crippen molar-refractivity contribution in [3.8, 4) is 0 Å². The molecular weight excluding hydrogens is 216 g/mol. The predicted molar refractivity (Wildman–Crippen MR) is 70.8 cm³/mol. The van der Waals surface area contributed by atoms with Gasteiger partial charge in [0.25, 0.3) is 0 Å². The van der Waals surface area contributed by atoms with Crippen LogP contribution in [0.2, 0.25) is 0 Å². The van der Waals surface area contributed by atoms with Crippen molar-refractivity contribution in [2.24, 2.45) is 0 Å². The molecule has 0 heterocycles. The third-order valence-corrected chi connectivity index (χ3v) is 3.68. The minimum Gasteiger partial charge on any atom is -0.477 e. The second-order valence-electron chi connectivity index (χ2n) is 7.06. The topological polar surface area (TPSA) is 37.3 Å². The number of carbonyl (C=O) groups is 1. The first kappa shape index (κ1) is 16.4. The van der Waals surface area contributed by atoms with Gasteiger partial charge in [0.15, 0.2) is 5.54 Å². The van der Waals surface area contributed by atoms with Crippen molar-refractivity contribution in [1.29, 1.82) is 0 Å². The van der Waals surface area contributed by atoms with Gasteiger partial charge in [0, 0.05) is 13.3 Å². The fourth-order valence-corrected chi connectivity index (χ4v) is 1.78. The Balaban J connectivity index is 4.37.